The Morgan fingerprint density at radius 3 is 2.26 bits per heavy atom. The van der Waals surface area contributed by atoms with Crippen LogP contribution in [0.2, 0.25) is 5.02 Å². The molecule has 1 atom stereocenters. The lowest BCUT2D eigenvalue weighted by Crippen LogP contribution is -2.34. The number of rotatable bonds is 6. The van der Waals surface area contributed by atoms with Gasteiger partial charge in [-0.05, 0) is 42.0 Å². The van der Waals surface area contributed by atoms with E-state index in [1.807, 2.05) is 0 Å². The number of halogens is 1. The number of amides is 1. The summed E-state index contributed by atoms with van der Waals surface area (Å²) >= 11 is 5.79. The lowest BCUT2D eigenvalue weighted by Gasteiger charge is -2.20. The van der Waals surface area contributed by atoms with E-state index in [9.17, 15) is 14.7 Å². The van der Waals surface area contributed by atoms with E-state index in [-0.39, 0.29) is 12.3 Å². The predicted molar refractivity (Wildman–Crippen MR) is 84.3 cm³/mol. The molecule has 0 radical (unpaired) electrons. The van der Waals surface area contributed by atoms with E-state index < -0.39 is 12.0 Å². The van der Waals surface area contributed by atoms with E-state index in [0.717, 1.165) is 0 Å². The standard InChI is InChI=1S/C17H16ClNO4/c1-23-14-8-4-11(5-9-14)15(10-16(20)21)19-17(22)12-2-6-13(18)7-3-12/h2-9,15H,10H2,1H3,(H,19,22)(H,20,21)/p-1/t15-/m0/s1. The maximum atomic E-state index is 12.3. The van der Waals surface area contributed by atoms with Crippen LogP contribution in [-0.4, -0.2) is 19.0 Å². The van der Waals surface area contributed by atoms with Gasteiger partial charge in [0.2, 0.25) is 0 Å². The largest absolute Gasteiger partial charge is 0.550 e. The highest BCUT2D eigenvalue weighted by atomic mass is 35.5. The van der Waals surface area contributed by atoms with E-state index in [1.165, 1.54) is 7.11 Å². The first kappa shape index (κ1) is 16.8. The first-order valence-electron chi connectivity index (χ1n) is 6.90. The van der Waals surface area contributed by atoms with Gasteiger partial charge in [-0.2, -0.15) is 0 Å². The summed E-state index contributed by atoms with van der Waals surface area (Å²) in [5, 5.41) is 14.2. The predicted octanol–water partition coefficient (Wildman–Crippen LogP) is 1.96. The van der Waals surface area contributed by atoms with Crippen molar-refractivity contribution in [3.63, 3.8) is 0 Å². The van der Waals surface area contributed by atoms with Crippen LogP contribution in [-0.2, 0) is 4.79 Å². The quantitative estimate of drug-likeness (QED) is 0.877. The van der Waals surface area contributed by atoms with Crippen LogP contribution in [0.4, 0.5) is 0 Å². The lowest BCUT2D eigenvalue weighted by atomic mass is 10.0. The molecule has 0 spiro atoms. The first-order chi connectivity index (χ1) is 11.0. The van der Waals surface area contributed by atoms with Crippen LogP contribution in [0.25, 0.3) is 0 Å². The Morgan fingerprint density at radius 1 is 1.13 bits per heavy atom. The molecule has 0 aliphatic rings. The van der Waals surface area contributed by atoms with Crippen molar-refractivity contribution in [1.82, 2.24) is 5.32 Å². The molecule has 1 N–H and O–H groups in total. The number of carboxylic acids is 1. The van der Waals surface area contributed by atoms with E-state index >= 15 is 0 Å². The van der Waals surface area contributed by atoms with Crippen LogP contribution in [0.5, 0.6) is 5.75 Å². The second-order valence-electron chi connectivity index (χ2n) is 4.88. The molecule has 120 valence electrons. The van der Waals surface area contributed by atoms with Crippen molar-refractivity contribution in [1.29, 1.82) is 0 Å². The van der Waals surface area contributed by atoms with Crippen LogP contribution in [0.3, 0.4) is 0 Å². The molecule has 2 aromatic rings. The van der Waals surface area contributed by atoms with Crippen LogP contribution in [0.15, 0.2) is 48.5 Å². The number of carbonyl (C=O) groups is 2. The SMILES string of the molecule is COc1ccc([C@H](CC(=O)[O-])NC(=O)c2ccc(Cl)cc2)cc1. The summed E-state index contributed by atoms with van der Waals surface area (Å²) in [4.78, 5) is 23.2. The van der Waals surface area contributed by atoms with E-state index in [1.54, 1.807) is 48.5 Å². The van der Waals surface area contributed by atoms with Gasteiger partial charge in [-0.3, -0.25) is 4.79 Å². The first-order valence-corrected chi connectivity index (χ1v) is 7.27. The van der Waals surface area contributed by atoms with Crippen molar-refractivity contribution >= 4 is 23.5 Å². The van der Waals surface area contributed by atoms with Crippen LogP contribution in [0.1, 0.15) is 28.4 Å². The lowest BCUT2D eigenvalue weighted by molar-refractivity contribution is -0.306. The second-order valence-corrected chi connectivity index (χ2v) is 5.32. The number of carbonyl (C=O) groups excluding carboxylic acids is 2. The number of aliphatic carboxylic acids is 1. The minimum atomic E-state index is -1.25. The third-order valence-corrected chi connectivity index (χ3v) is 3.55. The van der Waals surface area contributed by atoms with E-state index in [2.05, 4.69) is 5.32 Å². The fraction of sp³-hybridized carbons (Fsp3) is 0.176. The molecular formula is C17H15ClNO4-. The molecule has 0 aliphatic heterocycles. The van der Waals surface area contributed by atoms with Crippen LogP contribution >= 0.6 is 11.6 Å². The topological polar surface area (TPSA) is 78.5 Å². The van der Waals surface area contributed by atoms with Gasteiger partial charge < -0.3 is 20.0 Å². The Labute approximate surface area is 138 Å². The summed E-state index contributed by atoms with van der Waals surface area (Å²) in [7, 11) is 1.54. The summed E-state index contributed by atoms with van der Waals surface area (Å²) in [6.45, 7) is 0. The van der Waals surface area contributed by atoms with Gasteiger partial charge in [0, 0.05) is 23.0 Å². The molecule has 0 fully saturated rings. The van der Waals surface area contributed by atoms with Gasteiger partial charge in [0.05, 0.1) is 13.2 Å². The molecule has 6 heteroatoms. The molecule has 0 saturated carbocycles. The summed E-state index contributed by atoms with van der Waals surface area (Å²) in [6, 6.07) is 12.4. The number of benzene rings is 2. The fourth-order valence-corrected chi connectivity index (χ4v) is 2.22. The average Bonchev–Trinajstić information content (AvgIpc) is 2.54. The van der Waals surface area contributed by atoms with Crippen molar-refractivity contribution < 1.29 is 19.4 Å². The maximum Gasteiger partial charge on any atom is 0.251 e. The molecule has 2 aromatic carbocycles. The highest BCUT2D eigenvalue weighted by Gasteiger charge is 2.16. The zero-order valence-electron chi connectivity index (χ0n) is 12.4. The van der Waals surface area contributed by atoms with Gasteiger partial charge in [-0.1, -0.05) is 23.7 Å². The Hall–Kier alpha value is -2.53. The third kappa shape index (κ3) is 4.72. The minimum Gasteiger partial charge on any atom is -0.550 e. The summed E-state index contributed by atoms with van der Waals surface area (Å²) in [5.41, 5.74) is 1.04. The smallest absolute Gasteiger partial charge is 0.251 e. The molecule has 1 amide bonds. The highest BCUT2D eigenvalue weighted by Crippen LogP contribution is 2.21. The number of carboxylic acid groups (broad SMARTS) is 1. The van der Waals surface area contributed by atoms with Crippen molar-refractivity contribution in [2.45, 2.75) is 12.5 Å². The van der Waals surface area contributed by atoms with Crippen LogP contribution in [0, 0.1) is 0 Å². The minimum absolute atomic E-state index is 0.328. The molecule has 0 aliphatic carbocycles. The Morgan fingerprint density at radius 2 is 1.74 bits per heavy atom. The monoisotopic (exact) mass is 332 g/mol. The zero-order chi connectivity index (χ0) is 16.8. The van der Waals surface area contributed by atoms with E-state index in [0.29, 0.717) is 21.9 Å². The molecule has 0 saturated heterocycles. The molecular weight excluding hydrogens is 318 g/mol. The fourth-order valence-electron chi connectivity index (χ4n) is 2.10. The van der Waals surface area contributed by atoms with Crippen molar-refractivity contribution in [2.24, 2.45) is 0 Å². The number of hydrogen-bond acceptors (Lipinski definition) is 4. The highest BCUT2D eigenvalue weighted by molar-refractivity contribution is 6.30. The molecule has 0 bridgehead atoms. The number of nitrogens with one attached hydrogen (secondary N) is 1. The molecule has 0 unspecified atom stereocenters. The van der Waals surface area contributed by atoms with Gasteiger partial charge in [-0.15, -0.1) is 0 Å². The van der Waals surface area contributed by atoms with Crippen molar-refractivity contribution in [3.05, 3.63) is 64.7 Å². The van der Waals surface area contributed by atoms with Crippen molar-refractivity contribution in [2.75, 3.05) is 7.11 Å². The zero-order valence-corrected chi connectivity index (χ0v) is 13.2. The van der Waals surface area contributed by atoms with E-state index in [4.69, 9.17) is 16.3 Å². The Kier molecular flexibility index (Phi) is 5.60. The summed E-state index contributed by atoms with van der Waals surface area (Å²) < 4.78 is 5.06. The molecule has 2 rings (SSSR count). The summed E-state index contributed by atoms with van der Waals surface area (Å²) in [5.74, 6) is -0.990. The number of hydrogen-bond donors (Lipinski definition) is 1. The Bertz CT molecular complexity index is 683. The van der Waals surface area contributed by atoms with Crippen LogP contribution < -0.4 is 15.2 Å². The average molecular weight is 333 g/mol. The molecule has 0 heterocycles. The second kappa shape index (κ2) is 7.65. The van der Waals surface area contributed by atoms with Gasteiger partial charge in [0.1, 0.15) is 5.75 Å². The number of ether oxygens (including phenoxy) is 1. The maximum absolute atomic E-state index is 12.3. The van der Waals surface area contributed by atoms with Gasteiger partial charge in [0.15, 0.2) is 0 Å². The Balaban J connectivity index is 2.18. The van der Waals surface area contributed by atoms with Gasteiger partial charge in [0.25, 0.3) is 5.91 Å². The van der Waals surface area contributed by atoms with Crippen molar-refractivity contribution in [3.8, 4) is 5.75 Å². The summed E-state index contributed by atoms with van der Waals surface area (Å²) in [6.07, 6.45) is -0.328. The molecule has 0 aromatic heterocycles. The molecule has 5 nitrogen and oxygen atoms in total. The normalized spacial score (nSPS) is 11.6. The number of methoxy groups -OCH3 is 1. The molecule has 23 heavy (non-hydrogen) atoms. The van der Waals surface area contributed by atoms with Gasteiger partial charge in [-0.25, -0.2) is 0 Å². The third-order valence-electron chi connectivity index (χ3n) is 3.30. The van der Waals surface area contributed by atoms with Gasteiger partial charge >= 0.3 is 0 Å².